The van der Waals surface area contributed by atoms with Crippen molar-refractivity contribution in [3.63, 3.8) is 0 Å². The van der Waals surface area contributed by atoms with Gasteiger partial charge in [0.25, 0.3) is 0 Å². The van der Waals surface area contributed by atoms with Gasteiger partial charge in [0.2, 0.25) is 0 Å². The molecule has 0 N–H and O–H groups in total. The molecular formula is C8H18N. The van der Waals surface area contributed by atoms with Crippen molar-refractivity contribution in [1.29, 1.82) is 0 Å². The van der Waals surface area contributed by atoms with Gasteiger partial charge < -0.3 is 4.90 Å². The van der Waals surface area contributed by atoms with Gasteiger partial charge in [-0.3, -0.25) is 0 Å². The van der Waals surface area contributed by atoms with Crippen LogP contribution in [0.25, 0.3) is 0 Å². The number of rotatable bonds is 0. The first kappa shape index (κ1) is 8.96. The van der Waals surface area contributed by atoms with E-state index in [1.807, 2.05) is 26.0 Å². The second kappa shape index (κ2) is 6.09. The molecule has 1 heteroatoms. The number of nitrogens with zero attached hydrogens (tertiary/aromatic N) is 1. The van der Waals surface area contributed by atoms with Gasteiger partial charge in [0, 0.05) is 0 Å². The van der Waals surface area contributed by atoms with Crippen LogP contribution < -0.4 is 0 Å². The Labute approximate surface area is 59.1 Å². The molecule has 9 heavy (non-hydrogen) atoms. The zero-order valence-electron chi connectivity index (χ0n) is 6.85. The third-order valence-corrected chi connectivity index (χ3v) is 1.07. The van der Waals surface area contributed by atoms with Crippen LogP contribution >= 0.6 is 0 Å². The smallest absolute Gasteiger partial charge is 0.0140 e. The molecule has 0 aliphatic heterocycles. The third kappa shape index (κ3) is 11.5. The molecule has 1 nitrogen and oxygen atoms in total. The molecule has 1 rings (SSSR count). The Kier molecular flexibility index (Phi) is 6.06. The van der Waals surface area contributed by atoms with E-state index in [-0.39, 0.29) is 0 Å². The Balaban J connectivity index is 0.000000148. The van der Waals surface area contributed by atoms with Crippen LogP contribution in [0.2, 0.25) is 0 Å². The van der Waals surface area contributed by atoms with Crippen molar-refractivity contribution in [2.75, 3.05) is 21.1 Å². The highest BCUT2D eigenvalue weighted by molar-refractivity contribution is 4.71. The lowest BCUT2D eigenvalue weighted by Crippen LogP contribution is -1.99. The van der Waals surface area contributed by atoms with Crippen LogP contribution in [0, 0.1) is 6.42 Å². The molecule has 0 aromatic rings. The highest BCUT2D eigenvalue weighted by atomic mass is 15.0. The van der Waals surface area contributed by atoms with E-state index in [4.69, 9.17) is 0 Å². The van der Waals surface area contributed by atoms with Gasteiger partial charge in [0.1, 0.15) is 0 Å². The van der Waals surface area contributed by atoms with Crippen LogP contribution in [0.1, 0.15) is 25.7 Å². The first-order chi connectivity index (χ1) is 4.23. The van der Waals surface area contributed by atoms with E-state index >= 15 is 0 Å². The Morgan fingerprint density at radius 1 is 1.00 bits per heavy atom. The highest BCUT2D eigenvalue weighted by Crippen LogP contribution is 2.13. The summed E-state index contributed by atoms with van der Waals surface area (Å²) in [5.41, 5.74) is 0. The summed E-state index contributed by atoms with van der Waals surface area (Å²) < 4.78 is 0. The first-order valence-corrected chi connectivity index (χ1v) is 3.66. The molecule has 1 saturated carbocycles. The summed E-state index contributed by atoms with van der Waals surface area (Å²) in [5, 5.41) is 0. The quantitative estimate of drug-likeness (QED) is 0.482. The van der Waals surface area contributed by atoms with Crippen molar-refractivity contribution in [3.8, 4) is 0 Å². The van der Waals surface area contributed by atoms with Crippen molar-refractivity contribution >= 4 is 0 Å². The van der Waals surface area contributed by atoms with Crippen molar-refractivity contribution < 1.29 is 0 Å². The largest absolute Gasteiger partial charge is 0.312 e. The first-order valence-electron chi connectivity index (χ1n) is 3.66. The minimum Gasteiger partial charge on any atom is -0.312 e. The maximum Gasteiger partial charge on any atom is -0.0140 e. The molecule has 1 radical (unpaired) electrons. The fourth-order valence-electron chi connectivity index (χ4n) is 0.722. The molecule has 0 unspecified atom stereocenters. The van der Waals surface area contributed by atoms with E-state index in [0.717, 1.165) is 0 Å². The van der Waals surface area contributed by atoms with Crippen LogP contribution in [0.4, 0.5) is 0 Å². The summed E-state index contributed by atoms with van der Waals surface area (Å²) in [6.07, 6.45) is 8.00. The van der Waals surface area contributed by atoms with Gasteiger partial charge in [-0.15, -0.1) is 0 Å². The number of hydrogen-bond acceptors (Lipinski definition) is 1. The molecule has 1 aliphatic carbocycles. The molecule has 55 valence electrons. The van der Waals surface area contributed by atoms with Crippen molar-refractivity contribution in [2.24, 2.45) is 0 Å². The minimum absolute atomic E-state index is 1.38. The summed E-state index contributed by atoms with van der Waals surface area (Å²) in [6.45, 7) is 0. The lowest BCUT2D eigenvalue weighted by Gasteiger charge is -1.90. The average molecular weight is 128 g/mol. The molecule has 1 fully saturated rings. The van der Waals surface area contributed by atoms with Crippen LogP contribution in [0.3, 0.4) is 0 Å². The van der Waals surface area contributed by atoms with E-state index in [2.05, 4.69) is 6.42 Å². The van der Waals surface area contributed by atoms with Gasteiger partial charge in [-0.2, -0.15) is 0 Å². The molecular weight excluding hydrogens is 110 g/mol. The van der Waals surface area contributed by atoms with Crippen LogP contribution in [0.15, 0.2) is 0 Å². The second-order valence-electron chi connectivity index (χ2n) is 2.91. The van der Waals surface area contributed by atoms with Crippen molar-refractivity contribution in [1.82, 2.24) is 4.90 Å². The average Bonchev–Trinajstić information content (AvgIpc) is 2.11. The van der Waals surface area contributed by atoms with Gasteiger partial charge in [-0.25, -0.2) is 0 Å². The third-order valence-electron chi connectivity index (χ3n) is 1.07. The summed E-state index contributed by atoms with van der Waals surface area (Å²) in [5.74, 6) is 0. The summed E-state index contributed by atoms with van der Waals surface area (Å²) in [6, 6.07) is 0. The Hall–Kier alpha value is -0.0400. The lowest BCUT2D eigenvalue weighted by atomic mass is 10.4. The predicted octanol–water partition coefficient (Wildman–Crippen LogP) is 1.94. The Bertz CT molecular complexity index is 36.2. The molecule has 0 bridgehead atoms. The summed E-state index contributed by atoms with van der Waals surface area (Å²) in [7, 11) is 6.00. The van der Waals surface area contributed by atoms with E-state index in [9.17, 15) is 0 Å². The molecule has 1 aliphatic rings. The van der Waals surface area contributed by atoms with E-state index in [1.165, 1.54) is 25.7 Å². The molecule has 0 atom stereocenters. The van der Waals surface area contributed by atoms with Gasteiger partial charge in [-0.05, 0) is 27.6 Å². The zero-order chi connectivity index (χ0) is 7.11. The zero-order valence-corrected chi connectivity index (χ0v) is 6.85. The number of hydrogen-bond donors (Lipinski definition) is 0. The van der Waals surface area contributed by atoms with Crippen LogP contribution in [0.5, 0.6) is 0 Å². The molecule has 0 aromatic carbocycles. The van der Waals surface area contributed by atoms with Crippen molar-refractivity contribution in [3.05, 3.63) is 6.42 Å². The summed E-state index contributed by atoms with van der Waals surface area (Å²) in [4.78, 5) is 2.00. The van der Waals surface area contributed by atoms with E-state index in [1.54, 1.807) is 0 Å². The molecule has 0 spiro atoms. The second-order valence-corrected chi connectivity index (χ2v) is 2.91. The normalized spacial score (nSPS) is 17.3. The monoisotopic (exact) mass is 128 g/mol. The fraction of sp³-hybridized carbons (Fsp3) is 0.875. The summed E-state index contributed by atoms with van der Waals surface area (Å²) >= 11 is 0. The van der Waals surface area contributed by atoms with E-state index in [0.29, 0.717) is 0 Å². The van der Waals surface area contributed by atoms with Gasteiger partial charge in [0.05, 0.1) is 0 Å². The molecule has 0 saturated heterocycles. The van der Waals surface area contributed by atoms with Crippen molar-refractivity contribution in [2.45, 2.75) is 25.7 Å². The standard InChI is InChI=1S/C5H9.C3H9N/c1-2-4-5-3-1;1-4(2)3/h1H,2-5H2;1-3H3. The lowest BCUT2D eigenvalue weighted by molar-refractivity contribution is 0.505. The topological polar surface area (TPSA) is 3.24 Å². The Morgan fingerprint density at radius 2 is 1.33 bits per heavy atom. The van der Waals surface area contributed by atoms with Crippen LogP contribution in [-0.2, 0) is 0 Å². The predicted molar refractivity (Wildman–Crippen MR) is 42.4 cm³/mol. The van der Waals surface area contributed by atoms with Gasteiger partial charge >= 0.3 is 0 Å². The minimum atomic E-state index is 1.38. The van der Waals surface area contributed by atoms with Crippen LogP contribution in [-0.4, -0.2) is 26.0 Å². The van der Waals surface area contributed by atoms with Gasteiger partial charge in [0.15, 0.2) is 0 Å². The van der Waals surface area contributed by atoms with E-state index < -0.39 is 0 Å². The SMILES string of the molecule is CN(C)C.[CH]1CCCC1. The Morgan fingerprint density at radius 3 is 1.44 bits per heavy atom. The van der Waals surface area contributed by atoms with Gasteiger partial charge in [-0.1, -0.05) is 25.7 Å². The molecule has 0 amide bonds. The fourth-order valence-corrected chi connectivity index (χ4v) is 0.722. The molecule has 0 aromatic heterocycles. The molecule has 0 heterocycles. The maximum absolute atomic E-state index is 2.36. The maximum atomic E-state index is 2.36. The highest BCUT2D eigenvalue weighted by Gasteiger charge is 1.95.